The van der Waals surface area contributed by atoms with Crippen LogP contribution in [0.25, 0.3) is 0 Å². The van der Waals surface area contributed by atoms with Crippen molar-refractivity contribution in [2.75, 3.05) is 7.05 Å². The van der Waals surface area contributed by atoms with E-state index in [2.05, 4.69) is 9.98 Å². The van der Waals surface area contributed by atoms with Gasteiger partial charge in [-0.2, -0.15) is 0 Å². The number of hydrogen-bond acceptors (Lipinski definition) is 2. The molecule has 0 saturated carbocycles. The molecule has 0 aromatic heterocycles. The largest absolute Gasteiger partial charge is 0.298 e. The Morgan fingerprint density at radius 1 is 1.00 bits per heavy atom. The summed E-state index contributed by atoms with van der Waals surface area (Å²) in [6.07, 6.45) is -1.33. The number of hydrogen-bond donors (Lipinski definition) is 0. The molecular weight excluding hydrogens is 294 g/mol. The first-order chi connectivity index (χ1) is 11.0. The first kappa shape index (κ1) is 17.0. The van der Waals surface area contributed by atoms with E-state index in [0.717, 1.165) is 11.1 Å². The summed E-state index contributed by atoms with van der Waals surface area (Å²) in [6.45, 7) is 1.68. The van der Waals surface area contributed by atoms with Gasteiger partial charge in [0.15, 0.2) is 0 Å². The van der Waals surface area contributed by atoms with E-state index in [-0.39, 0.29) is 6.42 Å². The Kier molecular flexibility index (Phi) is 5.74. The monoisotopic (exact) mass is 314 g/mol. The van der Waals surface area contributed by atoms with Gasteiger partial charge in [-0.1, -0.05) is 60.7 Å². The summed E-state index contributed by atoms with van der Waals surface area (Å²) in [6, 6.07) is 19.2. The SMILES string of the molecule is C/N=C/C(C)(CC(F)F)N=C(c1ccccc1)c1ccccc1. The molecule has 2 aromatic carbocycles. The average Bonchev–Trinajstić information content (AvgIpc) is 2.54. The van der Waals surface area contributed by atoms with E-state index in [1.807, 2.05) is 60.7 Å². The zero-order chi connectivity index (χ0) is 16.7. The molecule has 2 nitrogen and oxygen atoms in total. The van der Waals surface area contributed by atoms with Crippen molar-refractivity contribution in [1.82, 2.24) is 0 Å². The Bertz CT molecular complexity index is 625. The average molecular weight is 314 g/mol. The summed E-state index contributed by atoms with van der Waals surface area (Å²) in [5, 5.41) is 0. The van der Waals surface area contributed by atoms with Crippen LogP contribution < -0.4 is 0 Å². The summed E-state index contributed by atoms with van der Waals surface area (Å²) in [7, 11) is 1.57. The van der Waals surface area contributed by atoms with Crippen LogP contribution in [0.3, 0.4) is 0 Å². The van der Waals surface area contributed by atoms with E-state index in [1.54, 1.807) is 14.0 Å². The third kappa shape index (κ3) is 4.81. The molecule has 0 saturated heterocycles. The quantitative estimate of drug-likeness (QED) is 0.694. The zero-order valence-corrected chi connectivity index (χ0v) is 13.3. The van der Waals surface area contributed by atoms with Crippen molar-refractivity contribution < 1.29 is 8.78 Å². The Morgan fingerprint density at radius 3 is 1.87 bits per heavy atom. The van der Waals surface area contributed by atoms with Gasteiger partial charge in [0.05, 0.1) is 11.3 Å². The molecule has 2 rings (SSSR count). The third-order valence-electron chi connectivity index (χ3n) is 3.44. The van der Waals surface area contributed by atoms with Crippen molar-refractivity contribution in [3.05, 3.63) is 71.8 Å². The van der Waals surface area contributed by atoms with Crippen LogP contribution in [-0.2, 0) is 0 Å². The minimum atomic E-state index is -2.45. The second-order valence-electron chi connectivity index (χ2n) is 5.53. The molecule has 0 N–H and O–H groups in total. The predicted molar refractivity (Wildman–Crippen MR) is 92.0 cm³/mol. The molecule has 4 heteroatoms. The van der Waals surface area contributed by atoms with Gasteiger partial charge in [-0.15, -0.1) is 0 Å². The van der Waals surface area contributed by atoms with Crippen LogP contribution in [0.5, 0.6) is 0 Å². The lowest BCUT2D eigenvalue weighted by Gasteiger charge is -2.22. The standard InChI is InChI=1S/C19H20F2N2/c1-19(14-22-2,13-17(20)21)23-18(15-9-5-3-6-10-15)16-11-7-4-8-12-16/h3-12,14,17H,13H2,1-2H3/b22-14+. The Morgan fingerprint density at radius 2 is 1.48 bits per heavy atom. The molecule has 0 bridgehead atoms. The normalized spacial score (nSPS) is 14.0. The van der Waals surface area contributed by atoms with Crippen molar-refractivity contribution in [3.63, 3.8) is 0 Å². The Hall–Kier alpha value is -2.36. The zero-order valence-electron chi connectivity index (χ0n) is 13.3. The van der Waals surface area contributed by atoms with Crippen LogP contribution in [0.15, 0.2) is 70.6 Å². The lowest BCUT2D eigenvalue weighted by molar-refractivity contribution is 0.123. The molecule has 0 amide bonds. The molecule has 1 unspecified atom stereocenters. The van der Waals surface area contributed by atoms with Gasteiger partial charge in [-0.05, 0) is 6.92 Å². The molecule has 0 heterocycles. The van der Waals surface area contributed by atoms with Gasteiger partial charge in [0.25, 0.3) is 0 Å². The van der Waals surface area contributed by atoms with E-state index in [0.29, 0.717) is 5.71 Å². The smallest absolute Gasteiger partial charge is 0.241 e. The molecule has 120 valence electrons. The second-order valence-corrected chi connectivity index (χ2v) is 5.53. The van der Waals surface area contributed by atoms with Gasteiger partial charge in [0.2, 0.25) is 6.43 Å². The van der Waals surface area contributed by atoms with Gasteiger partial charge >= 0.3 is 0 Å². The first-order valence-electron chi connectivity index (χ1n) is 7.46. The maximum atomic E-state index is 13.0. The van der Waals surface area contributed by atoms with Gasteiger partial charge in [-0.25, -0.2) is 8.78 Å². The van der Waals surface area contributed by atoms with E-state index < -0.39 is 12.0 Å². The van der Waals surface area contributed by atoms with Crippen molar-refractivity contribution in [2.24, 2.45) is 9.98 Å². The van der Waals surface area contributed by atoms with Crippen LogP contribution in [0.4, 0.5) is 8.78 Å². The third-order valence-corrected chi connectivity index (χ3v) is 3.44. The molecule has 0 spiro atoms. The highest BCUT2D eigenvalue weighted by Crippen LogP contribution is 2.22. The highest BCUT2D eigenvalue weighted by molar-refractivity contribution is 6.13. The molecule has 0 radical (unpaired) electrons. The highest BCUT2D eigenvalue weighted by atomic mass is 19.3. The van der Waals surface area contributed by atoms with Crippen LogP contribution >= 0.6 is 0 Å². The molecular formula is C19H20F2N2. The highest BCUT2D eigenvalue weighted by Gasteiger charge is 2.27. The van der Waals surface area contributed by atoms with Crippen molar-refractivity contribution in [2.45, 2.75) is 25.3 Å². The Balaban J connectivity index is 2.56. The second kappa shape index (κ2) is 7.77. The van der Waals surface area contributed by atoms with Gasteiger partial charge in [0, 0.05) is 30.8 Å². The van der Waals surface area contributed by atoms with Crippen molar-refractivity contribution in [1.29, 1.82) is 0 Å². The van der Waals surface area contributed by atoms with Crippen LogP contribution in [-0.4, -0.2) is 30.9 Å². The summed E-state index contributed by atoms with van der Waals surface area (Å²) < 4.78 is 26.0. The van der Waals surface area contributed by atoms with E-state index in [9.17, 15) is 8.78 Å². The fraction of sp³-hybridized carbons (Fsp3) is 0.263. The maximum absolute atomic E-state index is 13.0. The lowest BCUT2D eigenvalue weighted by atomic mass is 9.96. The number of benzene rings is 2. The van der Waals surface area contributed by atoms with Gasteiger partial charge < -0.3 is 0 Å². The minimum Gasteiger partial charge on any atom is -0.298 e. The number of halogens is 2. The van der Waals surface area contributed by atoms with Crippen molar-refractivity contribution >= 4 is 11.9 Å². The van der Waals surface area contributed by atoms with Crippen molar-refractivity contribution in [3.8, 4) is 0 Å². The van der Waals surface area contributed by atoms with Crippen LogP contribution in [0.1, 0.15) is 24.5 Å². The number of nitrogens with zero attached hydrogens (tertiary/aromatic N) is 2. The lowest BCUT2D eigenvalue weighted by Crippen LogP contribution is -2.29. The molecule has 0 aliphatic heterocycles. The summed E-state index contributed by atoms with van der Waals surface area (Å²) in [5.74, 6) is 0. The fourth-order valence-electron chi connectivity index (χ4n) is 2.46. The predicted octanol–water partition coefficient (Wildman–Crippen LogP) is 4.64. The molecule has 0 aliphatic carbocycles. The van der Waals surface area contributed by atoms with Crippen LogP contribution in [0, 0.1) is 0 Å². The maximum Gasteiger partial charge on any atom is 0.241 e. The fourth-order valence-corrected chi connectivity index (χ4v) is 2.46. The topological polar surface area (TPSA) is 24.7 Å². The summed E-state index contributed by atoms with van der Waals surface area (Å²) in [4.78, 5) is 8.60. The van der Waals surface area contributed by atoms with E-state index in [1.165, 1.54) is 6.21 Å². The summed E-state index contributed by atoms with van der Waals surface area (Å²) in [5.41, 5.74) is 1.42. The van der Waals surface area contributed by atoms with Gasteiger partial charge in [0.1, 0.15) is 0 Å². The van der Waals surface area contributed by atoms with Crippen LogP contribution in [0.2, 0.25) is 0 Å². The number of rotatable bonds is 6. The van der Waals surface area contributed by atoms with Gasteiger partial charge in [-0.3, -0.25) is 9.98 Å². The van der Waals surface area contributed by atoms with E-state index >= 15 is 0 Å². The van der Waals surface area contributed by atoms with E-state index in [4.69, 9.17) is 0 Å². The first-order valence-corrected chi connectivity index (χ1v) is 7.46. The number of alkyl halides is 2. The molecule has 23 heavy (non-hydrogen) atoms. The summed E-state index contributed by atoms with van der Waals surface area (Å²) >= 11 is 0. The number of aliphatic imine (C=N–C) groups is 2. The Labute approximate surface area is 135 Å². The molecule has 0 aliphatic rings. The molecule has 0 fully saturated rings. The molecule has 1 atom stereocenters. The minimum absolute atomic E-state index is 0.368. The molecule has 2 aromatic rings.